The minimum atomic E-state index is -3.50. The predicted molar refractivity (Wildman–Crippen MR) is 93.3 cm³/mol. The first kappa shape index (κ1) is 15.4. The van der Waals surface area contributed by atoms with Gasteiger partial charge in [-0.05, 0) is 42.2 Å². The van der Waals surface area contributed by atoms with Crippen molar-refractivity contribution in [1.29, 1.82) is 0 Å². The highest BCUT2D eigenvalue weighted by Gasteiger charge is 2.33. The number of benzene rings is 2. The molecular formula is C18H19FN2O2S. The Bertz CT molecular complexity index is 865. The minimum absolute atomic E-state index is 0.114. The highest BCUT2D eigenvalue weighted by Crippen LogP contribution is 2.40. The smallest absolute Gasteiger partial charge is 0.239 e. The molecule has 0 radical (unpaired) electrons. The van der Waals surface area contributed by atoms with Gasteiger partial charge in [-0.25, -0.2) is 12.8 Å². The number of para-hydroxylation sites is 1. The van der Waals surface area contributed by atoms with Crippen LogP contribution in [0.1, 0.15) is 17.5 Å². The molecule has 0 saturated carbocycles. The molecule has 2 heterocycles. The third-order valence-electron chi connectivity index (χ3n) is 4.73. The first-order chi connectivity index (χ1) is 11.5. The van der Waals surface area contributed by atoms with Crippen molar-refractivity contribution in [3.63, 3.8) is 0 Å². The SMILES string of the molecule is O=S(=O)(Cc1ccc(F)cc1)N1CCN2CCCc3cccc1c32. The number of hydrogen-bond donors (Lipinski definition) is 0. The summed E-state index contributed by atoms with van der Waals surface area (Å²) in [5.41, 5.74) is 3.67. The van der Waals surface area contributed by atoms with Gasteiger partial charge in [-0.3, -0.25) is 4.31 Å². The fourth-order valence-corrected chi connectivity index (χ4v) is 5.21. The molecule has 0 bridgehead atoms. The van der Waals surface area contributed by atoms with Gasteiger partial charge in [0.2, 0.25) is 10.0 Å². The normalized spacial score (nSPS) is 16.9. The number of sulfonamides is 1. The van der Waals surface area contributed by atoms with Crippen LogP contribution in [0.4, 0.5) is 15.8 Å². The van der Waals surface area contributed by atoms with E-state index in [1.807, 2.05) is 12.1 Å². The Morgan fingerprint density at radius 3 is 2.58 bits per heavy atom. The molecule has 4 rings (SSSR count). The molecule has 2 aliphatic rings. The number of nitrogens with zero attached hydrogens (tertiary/aromatic N) is 2. The Kier molecular flexibility index (Phi) is 3.72. The van der Waals surface area contributed by atoms with Crippen molar-refractivity contribution in [3.05, 3.63) is 59.4 Å². The first-order valence-corrected chi connectivity index (χ1v) is 9.77. The predicted octanol–water partition coefficient (Wildman–Crippen LogP) is 2.93. The number of anilines is 2. The summed E-state index contributed by atoms with van der Waals surface area (Å²) >= 11 is 0. The van der Waals surface area contributed by atoms with Crippen LogP contribution < -0.4 is 9.21 Å². The molecule has 0 aromatic heterocycles. The molecule has 2 aromatic rings. The maximum Gasteiger partial charge on any atom is 0.239 e. The molecule has 126 valence electrons. The van der Waals surface area contributed by atoms with Gasteiger partial charge in [0.25, 0.3) is 0 Å². The van der Waals surface area contributed by atoms with Crippen molar-refractivity contribution >= 4 is 21.4 Å². The largest absolute Gasteiger partial charge is 0.368 e. The lowest BCUT2D eigenvalue weighted by atomic mass is 9.99. The number of hydrogen-bond acceptors (Lipinski definition) is 3. The molecule has 0 atom stereocenters. The van der Waals surface area contributed by atoms with Crippen molar-refractivity contribution in [2.24, 2.45) is 0 Å². The maximum absolute atomic E-state index is 13.0. The number of rotatable bonds is 3. The van der Waals surface area contributed by atoms with E-state index >= 15 is 0 Å². The van der Waals surface area contributed by atoms with E-state index in [1.54, 1.807) is 0 Å². The van der Waals surface area contributed by atoms with Crippen molar-refractivity contribution in [3.8, 4) is 0 Å². The third kappa shape index (κ3) is 2.65. The van der Waals surface area contributed by atoms with Crippen LogP contribution in [0, 0.1) is 5.82 Å². The van der Waals surface area contributed by atoms with Crippen LogP contribution >= 0.6 is 0 Å². The van der Waals surface area contributed by atoms with Crippen LogP contribution in [0.3, 0.4) is 0 Å². The van der Waals surface area contributed by atoms with Crippen LogP contribution in [0.15, 0.2) is 42.5 Å². The van der Waals surface area contributed by atoms with Crippen molar-refractivity contribution in [2.45, 2.75) is 18.6 Å². The quantitative estimate of drug-likeness (QED) is 0.858. The molecule has 0 N–H and O–H groups in total. The summed E-state index contributed by atoms with van der Waals surface area (Å²) in [4.78, 5) is 2.29. The third-order valence-corrected chi connectivity index (χ3v) is 6.48. The van der Waals surface area contributed by atoms with Crippen molar-refractivity contribution in [2.75, 3.05) is 28.8 Å². The Morgan fingerprint density at radius 1 is 1.00 bits per heavy atom. The summed E-state index contributed by atoms with van der Waals surface area (Å²) in [6.07, 6.45) is 2.10. The second-order valence-corrected chi connectivity index (χ2v) is 8.22. The molecule has 24 heavy (non-hydrogen) atoms. The molecule has 2 aliphatic heterocycles. The topological polar surface area (TPSA) is 40.6 Å². The highest BCUT2D eigenvalue weighted by molar-refractivity contribution is 7.92. The summed E-state index contributed by atoms with van der Waals surface area (Å²) in [6, 6.07) is 11.6. The summed E-state index contributed by atoms with van der Waals surface area (Å²) in [5, 5.41) is 0. The van der Waals surface area contributed by atoms with E-state index in [4.69, 9.17) is 0 Å². The van der Waals surface area contributed by atoms with Crippen molar-refractivity contribution in [1.82, 2.24) is 0 Å². The van der Waals surface area contributed by atoms with E-state index in [9.17, 15) is 12.8 Å². The molecule has 0 aliphatic carbocycles. The summed E-state index contributed by atoms with van der Waals surface area (Å²) in [6.45, 7) is 2.16. The van der Waals surface area contributed by atoms with Gasteiger partial charge in [0.15, 0.2) is 0 Å². The number of halogens is 1. The average Bonchev–Trinajstić information content (AvgIpc) is 2.57. The minimum Gasteiger partial charge on any atom is -0.368 e. The van der Waals surface area contributed by atoms with Gasteiger partial charge in [0.1, 0.15) is 5.82 Å². The lowest BCUT2D eigenvalue weighted by Gasteiger charge is -2.41. The van der Waals surface area contributed by atoms with Crippen molar-refractivity contribution < 1.29 is 12.8 Å². The monoisotopic (exact) mass is 346 g/mol. The molecular weight excluding hydrogens is 327 g/mol. The molecule has 0 amide bonds. The first-order valence-electron chi connectivity index (χ1n) is 8.16. The van der Waals surface area contributed by atoms with Gasteiger partial charge >= 0.3 is 0 Å². The van der Waals surface area contributed by atoms with E-state index in [0.717, 1.165) is 30.8 Å². The molecule has 0 spiro atoms. The molecule has 0 fully saturated rings. The van der Waals surface area contributed by atoms with Gasteiger partial charge in [0, 0.05) is 13.1 Å². The van der Waals surface area contributed by atoms with Gasteiger partial charge in [-0.15, -0.1) is 0 Å². The fraction of sp³-hybridized carbons (Fsp3) is 0.333. The molecule has 4 nitrogen and oxygen atoms in total. The summed E-state index contributed by atoms with van der Waals surface area (Å²) in [7, 11) is -3.50. The fourth-order valence-electron chi connectivity index (χ4n) is 3.63. The molecule has 0 unspecified atom stereocenters. The Balaban J connectivity index is 1.70. The van der Waals surface area contributed by atoms with Crippen LogP contribution in [-0.4, -0.2) is 28.1 Å². The van der Waals surface area contributed by atoms with E-state index in [2.05, 4.69) is 11.0 Å². The molecule has 2 aromatic carbocycles. The van der Waals surface area contributed by atoms with E-state index in [-0.39, 0.29) is 11.6 Å². The summed E-state index contributed by atoms with van der Waals surface area (Å²) in [5.74, 6) is -0.473. The molecule has 0 saturated heterocycles. The molecule has 6 heteroatoms. The van der Waals surface area contributed by atoms with Crippen LogP contribution in [0.25, 0.3) is 0 Å². The Hall–Kier alpha value is -2.08. The standard InChI is InChI=1S/C18H19FN2O2S/c19-16-8-6-14(7-9-16)13-24(22,23)21-12-11-20-10-2-4-15-3-1-5-17(21)18(15)20/h1,3,5-9H,2,4,10-13H2. The van der Waals surface area contributed by atoms with Crippen LogP contribution in [-0.2, 0) is 22.2 Å². The second-order valence-electron chi connectivity index (χ2n) is 6.33. The summed E-state index contributed by atoms with van der Waals surface area (Å²) < 4.78 is 40.4. The van der Waals surface area contributed by atoms with E-state index in [0.29, 0.717) is 18.7 Å². The zero-order valence-electron chi connectivity index (χ0n) is 13.3. The zero-order chi connectivity index (χ0) is 16.7. The van der Waals surface area contributed by atoms with Crippen LogP contribution in [0.5, 0.6) is 0 Å². The van der Waals surface area contributed by atoms with Gasteiger partial charge in [-0.1, -0.05) is 24.3 Å². The van der Waals surface area contributed by atoms with E-state index in [1.165, 1.54) is 34.1 Å². The second kappa shape index (κ2) is 5.77. The number of aryl methyl sites for hydroxylation is 1. The lowest BCUT2D eigenvalue weighted by molar-refractivity contribution is 0.584. The van der Waals surface area contributed by atoms with Gasteiger partial charge in [0.05, 0.1) is 23.7 Å². The Labute approximate surface area is 141 Å². The maximum atomic E-state index is 13.0. The average molecular weight is 346 g/mol. The van der Waals surface area contributed by atoms with E-state index < -0.39 is 10.0 Å². The van der Waals surface area contributed by atoms with Gasteiger partial charge in [-0.2, -0.15) is 0 Å². The van der Waals surface area contributed by atoms with Crippen LogP contribution in [0.2, 0.25) is 0 Å². The highest BCUT2D eigenvalue weighted by atomic mass is 32.2. The lowest BCUT2D eigenvalue weighted by Crippen LogP contribution is -2.46. The zero-order valence-corrected chi connectivity index (χ0v) is 14.1. The Morgan fingerprint density at radius 2 is 1.79 bits per heavy atom. The van der Waals surface area contributed by atoms with Gasteiger partial charge < -0.3 is 4.90 Å².